The maximum absolute atomic E-state index is 12.9. The number of halogens is 5. The van der Waals surface area contributed by atoms with Crippen molar-refractivity contribution in [1.82, 2.24) is 4.98 Å². The molecule has 206 valence electrons. The number of Topliss-reactive ketones (excluding diaryl/α,β-unsaturated/α-hetero) is 1. The van der Waals surface area contributed by atoms with E-state index in [0.29, 0.717) is 22.7 Å². The van der Waals surface area contributed by atoms with Crippen LogP contribution >= 0.6 is 23.2 Å². The Morgan fingerprint density at radius 1 is 0.850 bits per heavy atom. The quantitative estimate of drug-likeness (QED) is 0.181. The van der Waals surface area contributed by atoms with Crippen molar-refractivity contribution in [2.24, 2.45) is 0 Å². The van der Waals surface area contributed by atoms with Gasteiger partial charge in [0.25, 0.3) is 0 Å². The molecule has 0 atom stereocenters. The number of carboxylic acids is 1. The molecule has 0 aliphatic carbocycles. The van der Waals surface area contributed by atoms with Crippen LogP contribution in [0, 0.1) is 0 Å². The summed E-state index contributed by atoms with van der Waals surface area (Å²) < 4.78 is 38.8. The molecule has 3 aromatic carbocycles. The van der Waals surface area contributed by atoms with Gasteiger partial charge >= 0.3 is 12.1 Å². The molecule has 0 amide bonds. The van der Waals surface area contributed by atoms with Crippen molar-refractivity contribution < 1.29 is 27.9 Å². The monoisotopic (exact) mass is 586 g/mol. The Bertz CT molecular complexity index is 1520. The maximum atomic E-state index is 12.9. The number of anilines is 1. The summed E-state index contributed by atoms with van der Waals surface area (Å²) in [4.78, 5) is 27.2. The van der Waals surface area contributed by atoms with Crippen LogP contribution in [0.2, 0.25) is 10.0 Å². The summed E-state index contributed by atoms with van der Waals surface area (Å²) in [5, 5.41) is 12.6. The number of hydrogen-bond donors (Lipinski definition) is 2. The number of rotatable bonds is 10. The standard InChI is InChI=1S/C30H23Cl2F3N2O3/c31-22-9-4-19(25(15-22)20-7-13-27(37-17-20)28(38)2-1-3-29(39)40)16-36-23-10-5-18(6-11-23)24-12-8-21(14-26(24)32)30(33,34)35/h4-15,17,36H,1-3,16H2,(H,39,40). The Labute approximate surface area is 238 Å². The van der Waals surface area contributed by atoms with Gasteiger partial charge in [-0.25, -0.2) is 0 Å². The third-order valence-electron chi connectivity index (χ3n) is 6.20. The highest BCUT2D eigenvalue weighted by molar-refractivity contribution is 6.33. The minimum atomic E-state index is -4.46. The first-order valence-electron chi connectivity index (χ1n) is 12.2. The number of nitrogens with zero attached hydrogens (tertiary/aromatic N) is 1. The fraction of sp³-hybridized carbons (Fsp3) is 0.167. The summed E-state index contributed by atoms with van der Waals surface area (Å²) in [6.45, 7) is 0.433. The molecular formula is C30H23Cl2F3N2O3. The van der Waals surface area contributed by atoms with Crippen LogP contribution in [0.5, 0.6) is 0 Å². The molecule has 1 heterocycles. The van der Waals surface area contributed by atoms with Crippen molar-refractivity contribution in [3.8, 4) is 22.3 Å². The second-order valence-electron chi connectivity index (χ2n) is 9.03. The smallest absolute Gasteiger partial charge is 0.416 e. The first-order chi connectivity index (χ1) is 19.0. The first kappa shape index (κ1) is 29.1. The zero-order chi connectivity index (χ0) is 28.9. The van der Waals surface area contributed by atoms with Gasteiger partial charge in [0.15, 0.2) is 5.78 Å². The van der Waals surface area contributed by atoms with E-state index in [1.165, 1.54) is 6.07 Å². The second-order valence-corrected chi connectivity index (χ2v) is 9.87. The zero-order valence-electron chi connectivity index (χ0n) is 20.9. The normalized spacial score (nSPS) is 11.3. The van der Waals surface area contributed by atoms with E-state index in [1.54, 1.807) is 42.6 Å². The van der Waals surface area contributed by atoms with E-state index in [9.17, 15) is 22.8 Å². The number of carbonyl (C=O) groups is 2. The van der Waals surface area contributed by atoms with Crippen LogP contribution in [0.4, 0.5) is 18.9 Å². The number of carbonyl (C=O) groups excluding carboxylic acids is 1. The van der Waals surface area contributed by atoms with Crippen LogP contribution in [0.15, 0.2) is 79.0 Å². The highest BCUT2D eigenvalue weighted by Crippen LogP contribution is 2.36. The van der Waals surface area contributed by atoms with Crippen molar-refractivity contribution in [3.63, 3.8) is 0 Å². The number of benzene rings is 3. The predicted molar refractivity (Wildman–Crippen MR) is 150 cm³/mol. The molecular weight excluding hydrogens is 564 g/mol. The van der Waals surface area contributed by atoms with Crippen LogP contribution in [-0.2, 0) is 17.5 Å². The van der Waals surface area contributed by atoms with E-state index in [4.69, 9.17) is 28.3 Å². The van der Waals surface area contributed by atoms with Crippen LogP contribution < -0.4 is 5.32 Å². The Kier molecular flexibility index (Phi) is 9.12. The van der Waals surface area contributed by atoms with Crippen molar-refractivity contribution >= 4 is 40.6 Å². The van der Waals surface area contributed by atoms with Gasteiger partial charge in [0.1, 0.15) is 5.69 Å². The number of aliphatic carboxylic acids is 1. The van der Waals surface area contributed by atoms with Crippen molar-refractivity contribution in [3.05, 3.63) is 106 Å². The average molecular weight is 587 g/mol. The Hall–Kier alpha value is -3.88. The third-order valence-corrected chi connectivity index (χ3v) is 6.75. The van der Waals surface area contributed by atoms with E-state index >= 15 is 0 Å². The molecule has 0 bridgehead atoms. The topological polar surface area (TPSA) is 79.3 Å². The number of nitrogens with one attached hydrogen (secondary N) is 1. The summed E-state index contributed by atoms with van der Waals surface area (Å²) in [6, 6.07) is 19.3. The van der Waals surface area contributed by atoms with Gasteiger partial charge in [-0.15, -0.1) is 0 Å². The molecule has 0 saturated heterocycles. The Balaban J connectivity index is 1.46. The van der Waals surface area contributed by atoms with Crippen LogP contribution in [0.3, 0.4) is 0 Å². The van der Waals surface area contributed by atoms with Gasteiger partial charge in [-0.3, -0.25) is 14.6 Å². The number of alkyl halides is 3. The van der Waals surface area contributed by atoms with Gasteiger partial charge in [0.2, 0.25) is 0 Å². The van der Waals surface area contributed by atoms with E-state index in [2.05, 4.69) is 10.3 Å². The summed E-state index contributed by atoms with van der Waals surface area (Å²) in [6.07, 6.45) is -2.60. The van der Waals surface area contributed by atoms with Crippen molar-refractivity contribution in [1.29, 1.82) is 0 Å². The zero-order valence-corrected chi connectivity index (χ0v) is 22.4. The number of aromatic nitrogens is 1. The molecule has 0 fully saturated rings. The third kappa shape index (κ3) is 7.40. The lowest BCUT2D eigenvalue weighted by molar-refractivity contribution is -0.138. The fourth-order valence-corrected chi connectivity index (χ4v) is 4.57. The lowest BCUT2D eigenvalue weighted by atomic mass is 10.00. The summed E-state index contributed by atoms with van der Waals surface area (Å²) in [5.41, 5.74) is 3.93. The van der Waals surface area contributed by atoms with Crippen molar-refractivity contribution in [2.45, 2.75) is 32.0 Å². The Morgan fingerprint density at radius 3 is 2.20 bits per heavy atom. The van der Waals surface area contributed by atoms with Gasteiger partial charge in [0, 0.05) is 52.4 Å². The lowest BCUT2D eigenvalue weighted by Crippen LogP contribution is -2.05. The molecule has 0 unspecified atom stereocenters. The molecule has 0 aliphatic rings. The highest BCUT2D eigenvalue weighted by Gasteiger charge is 2.31. The van der Waals surface area contributed by atoms with Gasteiger partial charge in [-0.1, -0.05) is 53.5 Å². The van der Waals surface area contributed by atoms with E-state index in [-0.39, 0.29) is 35.8 Å². The Morgan fingerprint density at radius 2 is 1.57 bits per heavy atom. The maximum Gasteiger partial charge on any atom is 0.416 e. The SMILES string of the molecule is O=C(O)CCCC(=O)c1ccc(-c2cc(Cl)ccc2CNc2ccc(-c3ccc(C(F)(F)F)cc3Cl)cc2)cn1. The number of ketones is 1. The summed E-state index contributed by atoms with van der Waals surface area (Å²) in [7, 11) is 0. The van der Waals surface area contributed by atoms with Gasteiger partial charge in [-0.05, 0) is 65.6 Å². The molecule has 2 N–H and O–H groups in total. The first-order valence-corrected chi connectivity index (χ1v) is 13.0. The molecule has 4 rings (SSSR count). The molecule has 0 aliphatic heterocycles. The number of carboxylic acid groups (broad SMARTS) is 1. The van der Waals surface area contributed by atoms with Crippen LogP contribution in [0.25, 0.3) is 22.3 Å². The summed E-state index contributed by atoms with van der Waals surface area (Å²) in [5.74, 6) is -1.17. The molecule has 10 heteroatoms. The largest absolute Gasteiger partial charge is 0.481 e. The van der Waals surface area contributed by atoms with Gasteiger partial charge in [-0.2, -0.15) is 13.2 Å². The summed E-state index contributed by atoms with van der Waals surface area (Å²) >= 11 is 12.4. The number of hydrogen-bond acceptors (Lipinski definition) is 4. The van der Waals surface area contributed by atoms with E-state index < -0.39 is 17.7 Å². The molecule has 0 spiro atoms. The molecule has 0 saturated carbocycles. The molecule has 0 radical (unpaired) electrons. The minimum absolute atomic E-state index is 0.0166. The predicted octanol–water partition coefficient (Wildman–Crippen LogP) is 8.79. The van der Waals surface area contributed by atoms with E-state index in [0.717, 1.165) is 34.5 Å². The molecule has 4 aromatic rings. The van der Waals surface area contributed by atoms with Crippen LogP contribution in [-0.4, -0.2) is 21.8 Å². The average Bonchev–Trinajstić information content (AvgIpc) is 2.92. The van der Waals surface area contributed by atoms with Crippen molar-refractivity contribution in [2.75, 3.05) is 5.32 Å². The lowest BCUT2D eigenvalue weighted by Gasteiger charge is -2.14. The molecule has 1 aromatic heterocycles. The molecule has 5 nitrogen and oxygen atoms in total. The van der Waals surface area contributed by atoms with Crippen LogP contribution in [0.1, 0.15) is 40.9 Å². The number of pyridine rings is 1. The highest BCUT2D eigenvalue weighted by atomic mass is 35.5. The van der Waals surface area contributed by atoms with Gasteiger partial charge < -0.3 is 10.4 Å². The fourth-order valence-electron chi connectivity index (χ4n) is 4.11. The van der Waals surface area contributed by atoms with Gasteiger partial charge in [0.05, 0.1) is 5.56 Å². The minimum Gasteiger partial charge on any atom is -0.481 e. The molecule has 40 heavy (non-hydrogen) atoms. The van der Waals surface area contributed by atoms with E-state index in [1.807, 2.05) is 18.2 Å². The second kappa shape index (κ2) is 12.5.